The fourth-order valence-electron chi connectivity index (χ4n) is 17.7. The third kappa shape index (κ3) is 28.4. The van der Waals surface area contributed by atoms with Crippen LogP contribution < -0.4 is 9.47 Å². The van der Waals surface area contributed by atoms with E-state index < -0.39 is 0 Å². The van der Waals surface area contributed by atoms with Gasteiger partial charge in [-0.2, -0.15) is 0 Å². The van der Waals surface area contributed by atoms with Gasteiger partial charge >= 0.3 is 0 Å². The molecule has 0 saturated heterocycles. The van der Waals surface area contributed by atoms with Crippen LogP contribution >= 0.6 is 23.2 Å². The number of rotatable bonds is 29. The van der Waals surface area contributed by atoms with E-state index >= 15 is 0 Å². The number of phenolic OH excluding ortho intramolecular Hbond substituents is 5. The predicted molar refractivity (Wildman–Crippen MR) is 610 cm³/mol. The van der Waals surface area contributed by atoms with Crippen LogP contribution in [-0.4, -0.2) is 114 Å². The molecule has 5 N–H and O–H groups in total. The molecule has 24 heteroatoms. The Morgan fingerprint density at radius 3 is 0.906 bits per heavy atom. The fraction of sp³-hybridized carbons (Fsp3) is 0.376. The molecule has 780 valence electrons. The number of aromatic hydroxyl groups is 5. The monoisotopic (exact) mass is 2040 g/mol. The van der Waals surface area contributed by atoms with Gasteiger partial charge in [-0.1, -0.05) is 330 Å². The van der Waals surface area contributed by atoms with E-state index in [-0.39, 0.29) is 55.8 Å². The van der Waals surface area contributed by atoms with E-state index in [1.165, 1.54) is 88.8 Å². The van der Waals surface area contributed by atoms with Crippen LogP contribution in [0.1, 0.15) is 285 Å². The smallest absolute Gasteiger partial charge is 0.167 e. The molecule has 0 saturated carbocycles. The van der Waals surface area contributed by atoms with Crippen molar-refractivity contribution in [2.45, 2.75) is 297 Å². The maximum Gasteiger partial charge on any atom is 0.167 e. The molecule has 0 aliphatic heterocycles. The summed E-state index contributed by atoms with van der Waals surface area (Å²) in [6, 6.07) is 66.3. The number of hydrogen-bond donors (Lipinski definition) is 5. The summed E-state index contributed by atoms with van der Waals surface area (Å²) in [6.07, 6.45) is 16.4. The molecule has 5 aromatic heterocycles. The first-order valence-electron chi connectivity index (χ1n) is 52.4. The molecular formula is C125H149Cl2N15O7. The number of ether oxygens (including phenoxy) is 2. The second-order valence-electron chi connectivity index (χ2n) is 43.9. The van der Waals surface area contributed by atoms with Crippen LogP contribution in [-0.2, 0) is 27.1 Å². The number of benzene rings is 12. The standard InChI is InChI=1S/2C33H39N3O2.C22H29N3O.C20H24ClN3O.C17H18ClN3O/c2*1-6-7-8-9-10-11-18-38-26-14-17-29(30(37)21-26)33-35-31(27-15-12-22(2)19-24(27)4)34-32(36-33)28-16-13-23(3)20-25(28)5;1-7-21(3,4)15-13-16(22(5,6)8-2)20(26)19(14-15)25-23-17-11-9-10-12-18(17)24-25;1-19(2,3)12-9-14(20(4,5)6)18(25)17(10-12)24-22-15-8-7-13(21)11-16(15)23-24;1-10-7-12(17(2,3)4)16(22)15(8-10)21-19-13-6-5-11(18)9-14(13)20-21/h2*12-17,19-21,37H,6-11,18H2,1-5H3;9-14,26H,7-8H2,1-6H3;7-11,25H,1-6H3;5-9,22H,1-4H3. The first-order chi connectivity index (χ1) is 70.6. The third-order valence-corrected chi connectivity index (χ3v) is 28.0. The van der Waals surface area contributed by atoms with Crippen molar-refractivity contribution in [3.8, 4) is 126 Å². The molecule has 0 spiro atoms. The van der Waals surface area contributed by atoms with Crippen LogP contribution in [0.4, 0.5) is 0 Å². The minimum atomic E-state index is -0.198. The summed E-state index contributed by atoms with van der Waals surface area (Å²) >= 11 is 12.0. The summed E-state index contributed by atoms with van der Waals surface area (Å²) in [5, 5.41) is 82.9. The molecule has 22 nitrogen and oxygen atoms in total. The molecule has 5 heterocycles. The second kappa shape index (κ2) is 48.6. The zero-order chi connectivity index (χ0) is 108. The number of halogens is 2. The first-order valence-corrected chi connectivity index (χ1v) is 53.1. The van der Waals surface area contributed by atoms with Gasteiger partial charge in [-0.25, -0.2) is 29.9 Å². The molecule has 12 aromatic carbocycles. The zero-order valence-electron chi connectivity index (χ0n) is 92.0. The molecule has 0 aliphatic carbocycles. The molecular weight excluding hydrogens is 1890 g/mol. The summed E-state index contributed by atoms with van der Waals surface area (Å²) in [5.41, 5.74) is 25.9. The lowest BCUT2D eigenvalue weighted by atomic mass is 9.76. The normalized spacial score (nSPS) is 11.8. The Kier molecular flexibility index (Phi) is 36.6. The number of aromatic nitrogens is 15. The summed E-state index contributed by atoms with van der Waals surface area (Å²) in [6.45, 7) is 56.4. The van der Waals surface area contributed by atoms with Gasteiger partial charge in [-0.3, -0.25) is 0 Å². The number of hydrogen-bond acceptors (Lipinski definition) is 19. The molecule has 0 atom stereocenters. The SMILES string of the molecule is CC(C)(C)c1cc(-n2nc3ccc(Cl)cc3n2)c(O)c(C(C)(C)C)c1.CCC(C)(C)c1cc(-n2nc3ccccc3n2)c(O)c(C(C)(C)CC)c1.CCCCCCCCOc1ccc(-c2nc(-c3ccc(C)cc3C)nc(-c3ccc(C)cc3C)n2)c(O)c1.CCCCCCCCOc1ccc(-c2nc(-c3ccc(C)cc3C)nc(-c3ccc(C)cc3C)n2)c(O)c1.Cc1cc(-n2nc3ccc(Cl)cc3n2)c(O)c(C(C)(C)C)c1. The lowest BCUT2D eigenvalue weighted by Crippen LogP contribution is -2.21. The van der Waals surface area contributed by atoms with Crippen LogP contribution in [0.25, 0.3) is 118 Å². The maximum atomic E-state index is 11.1. The molecule has 0 amide bonds. The zero-order valence-corrected chi connectivity index (χ0v) is 93.5. The lowest BCUT2D eigenvalue weighted by molar-refractivity contribution is 0.302. The van der Waals surface area contributed by atoms with Gasteiger partial charge in [0.1, 0.15) is 90.4 Å². The van der Waals surface area contributed by atoms with Crippen molar-refractivity contribution in [1.29, 1.82) is 0 Å². The molecule has 0 bridgehead atoms. The number of unbranched alkanes of at least 4 members (excludes halogenated alkanes) is 10. The summed E-state index contributed by atoms with van der Waals surface area (Å²) in [4.78, 5) is 33.6. The van der Waals surface area contributed by atoms with E-state index in [0.29, 0.717) is 109 Å². The van der Waals surface area contributed by atoms with E-state index in [0.717, 1.165) is 133 Å². The van der Waals surface area contributed by atoms with Crippen molar-refractivity contribution in [3.05, 3.63) is 294 Å². The number of aryl methyl sites for hydroxylation is 9. The van der Waals surface area contributed by atoms with Crippen molar-refractivity contribution < 1.29 is 35.0 Å². The number of fused-ring (bicyclic) bond motifs is 3. The van der Waals surface area contributed by atoms with E-state index in [1.54, 1.807) is 41.2 Å². The Hall–Kier alpha value is -14.0. The maximum absolute atomic E-state index is 11.1. The Balaban J connectivity index is 0.000000158. The quantitative estimate of drug-likeness (QED) is 0.0272. The van der Waals surface area contributed by atoms with Gasteiger partial charge in [0.25, 0.3) is 0 Å². The van der Waals surface area contributed by atoms with Crippen molar-refractivity contribution in [3.63, 3.8) is 0 Å². The van der Waals surface area contributed by atoms with Crippen molar-refractivity contribution >= 4 is 56.3 Å². The van der Waals surface area contributed by atoms with Crippen LogP contribution in [0.3, 0.4) is 0 Å². The van der Waals surface area contributed by atoms with Gasteiger partial charge < -0.3 is 35.0 Å². The summed E-state index contributed by atoms with van der Waals surface area (Å²) in [7, 11) is 0. The number of nitrogens with zero attached hydrogens (tertiary/aromatic N) is 15. The highest BCUT2D eigenvalue weighted by Crippen LogP contribution is 2.46. The van der Waals surface area contributed by atoms with Gasteiger partial charge in [0.2, 0.25) is 0 Å². The predicted octanol–water partition coefficient (Wildman–Crippen LogP) is 32.4. The molecule has 0 fully saturated rings. The highest BCUT2D eigenvalue weighted by atomic mass is 35.5. The van der Waals surface area contributed by atoms with Gasteiger partial charge in [0.05, 0.1) is 24.3 Å². The van der Waals surface area contributed by atoms with Crippen molar-refractivity contribution in [2.24, 2.45) is 0 Å². The van der Waals surface area contributed by atoms with Gasteiger partial charge in [0, 0.05) is 61.1 Å². The summed E-state index contributed by atoms with van der Waals surface area (Å²) in [5.74, 6) is 5.41. The van der Waals surface area contributed by atoms with Crippen LogP contribution in [0.5, 0.6) is 40.2 Å². The Labute approximate surface area is 890 Å². The Morgan fingerprint density at radius 2 is 0.570 bits per heavy atom. The van der Waals surface area contributed by atoms with Gasteiger partial charge in [-0.05, 0) is 245 Å². The first kappa shape index (κ1) is 112. The van der Waals surface area contributed by atoms with E-state index in [4.69, 9.17) is 62.6 Å². The van der Waals surface area contributed by atoms with Gasteiger partial charge in [-0.15, -0.1) is 45.0 Å². The topological polar surface area (TPSA) is 289 Å². The average molecular weight is 2040 g/mol. The average Bonchev–Trinajstić information content (AvgIpc) is 1.76. The van der Waals surface area contributed by atoms with Crippen molar-refractivity contribution in [1.82, 2.24) is 74.9 Å². The molecule has 17 rings (SSSR count). The van der Waals surface area contributed by atoms with Crippen LogP contribution in [0.2, 0.25) is 10.0 Å². The largest absolute Gasteiger partial charge is 0.507 e. The minimum Gasteiger partial charge on any atom is -0.507 e. The molecule has 0 unspecified atom stereocenters. The van der Waals surface area contributed by atoms with E-state index in [1.807, 2.05) is 91.9 Å². The molecule has 17 aromatic rings. The van der Waals surface area contributed by atoms with E-state index in [9.17, 15) is 25.5 Å². The highest BCUT2D eigenvalue weighted by Gasteiger charge is 2.33. The van der Waals surface area contributed by atoms with Crippen LogP contribution in [0, 0.1) is 62.3 Å². The fourth-order valence-corrected chi connectivity index (χ4v) is 18.1. The Bertz CT molecular complexity index is 7200. The number of phenols is 5. The summed E-state index contributed by atoms with van der Waals surface area (Å²) < 4.78 is 11.8. The molecule has 0 radical (unpaired) electrons. The second-order valence-corrected chi connectivity index (χ2v) is 44.8. The van der Waals surface area contributed by atoms with Gasteiger partial charge in [0.15, 0.2) is 34.9 Å². The van der Waals surface area contributed by atoms with Crippen LogP contribution in [0.15, 0.2) is 206 Å². The minimum absolute atomic E-state index is 0.00754. The lowest BCUT2D eigenvalue weighted by Gasteiger charge is -2.30. The molecule has 149 heavy (non-hydrogen) atoms. The molecule has 0 aliphatic rings. The van der Waals surface area contributed by atoms with E-state index in [2.05, 4.69) is 289 Å². The Morgan fingerprint density at radius 1 is 0.268 bits per heavy atom. The highest BCUT2D eigenvalue weighted by molar-refractivity contribution is 6.31. The third-order valence-electron chi connectivity index (χ3n) is 27.5. The van der Waals surface area contributed by atoms with Crippen molar-refractivity contribution in [2.75, 3.05) is 13.2 Å².